The Balaban J connectivity index is 1.30. The van der Waals surface area contributed by atoms with Gasteiger partial charge in [-0.25, -0.2) is 4.68 Å². The zero-order chi connectivity index (χ0) is 17.5. The highest BCUT2D eigenvalue weighted by Gasteiger charge is 2.19. The summed E-state index contributed by atoms with van der Waals surface area (Å²) in [6.45, 7) is 6.14. The average Bonchev–Trinajstić information content (AvgIpc) is 3.35. The first-order valence-electron chi connectivity index (χ1n) is 8.72. The molecule has 0 bridgehead atoms. The monoisotopic (exact) mass is 401 g/mol. The molecule has 1 aliphatic rings. The van der Waals surface area contributed by atoms with Crippen LogP contribution in [0.1, 0.15) is 4.88 Å². The molecular formula is C18H19N5S3. The molecule has 0 atom stereocenters. The molecule has 4 aromatic rings. The van der Waals surface area contributed by atoms with E-state index in [0.717, 1.165) is 54.6 Å². The zero-order valence-corrected chi connectivity index (χ0v) is 16.7. The maximum Gasteiger partial charge on any atom is 0.216 e. The molecule has 0 aliphatic carbocycles. The summed E-state index contributed by atoms with van der Waals surface area (Å²) in [5, 5.41) is 6.92. The number of fused-ring (bicyclic) bond motifs is 3. The van der Waals surface area contributed by atoms with Crippen LogP contribution in [-0.2, 0) is 13.2 Å². The van der Waals surface area contributed by atoms with Gasteiger partial charge in [0.2, 0.25) is 9.73 Å². The minimum Gasteiger partial charge on any atom is -0.296 e. The van der Waals surface area contributed by atoms with E-state index < -0.39 is 0 Å². The molecule has 1 aromatic carbocycles. The Morgan fingerprint density at radius 3 is 2.62 bits per heavy atom. The fourth-order valence-electron chi connectivity index (χ4n) is 3.48. The largest absolute Gasteiger partial charge is 0.296 e. The van der Waals surface area contributed by atoms with Crippen LogP contribution < -0.4 is 0 Å². The molecule has 134 valence electrons. The van der Waals surface area contributed by atoms with Gasteiger partial charge in [-0.2, -0.15) is 0 Å². The van der Waals surface area contributed by atoms with Gasteiger partial charge >= 0.3 is 0 Å². The van der Waals surface area contributed by atoms with Gasteiger partial charge < -0.3 is 0 Å². The SMILES string of the molecule is S=c1n(CN2CCN(Cc3cccs3)CC2)nc2sc3ccccc3n12. The molecule has 3 aromatic heterocycles. The van der Waals surface area contributed by atoms with Gasteiger partial charge in [0.05, 0.1) is 16.9 Å². The van der Waals surface area contributed by atoms with E-state index in [9.17, 15) is 0 Å². The second-order valence-electron chi connectivity index (χ2n) is 6.58. The van der Waals surface area contributed by atoms with E-state index in [2.05, 4.69) is 56.0 Å². The van der Waals surface area contributed by atoms with Crippen LogP contribution in [0.2, 0.25) is 0 Å². The van der Waals surface area contributed by atoms with E-state index >= 15 is 0 Å². The lowest BCUT2D eigenvalue weighted by Gasteiger charge is -2.34. The van der Waals surface area contributed by atoms with Crippen molar-refractivity contribution >= 4 is 50.1 Å². The Morgan fingerprint density at radius 1 is 1.00 bits per heavy atom. The van der Waals surface area contributed by atoms with Crippen LogP contribution in [0.5, 0.6) is 0 Å². The summed E-state index contributed by atoms with van der Waals surface area (Å²) in [6, 6.07) is 12.7. The molecule has 0 unspecified atom stereocenters. The third-order valence-corrected chi connectivity index (χ3v) is 7.14. The predicted octanol–water partition coefficient (Wildman–Crippen LogP) is 3.92. The highest BCUT2D eigenvalue weighted by atomic mass is 32.1. The third-order valence-electron chi connectivity index (χ3n) is 4.88. The maximum absolute atomic E-state index is 5.71. The van der Waals surface area contributed by atoms with Gasteiger partial charge in [-0.05, 0) is 35.8 Å². The smallest absolute Gasteiger partial charge is 0.216 e. The lowest BCUT2D eigenvalue weighted by Crippen LogP contribution is -2.46. The van der Waals surface area contributed by atoms with Gasteiger partial charge in [-0.3, -0.25) is 14.2 Å². The Bertz CT molecular complexity index is 1080. The van der Waals surface area contributed by atoms with Crippen LogP contribution in [0.4, 0.5) is 0 Å². The van der Waals surface area contributed by atoms with E-state index in [-0.39, 0.29) is 0 Å². The van der Waals surface area contributed by atoms with E-state index in [1.54, 1.807) is 11.3 Å². The van der Waals surface area contributed by atoms with Crippen molar-refractivity contribution in [1.82, 2.24) is 24.0 Å². The first-order chi connectivity index (χ1) is 12.8. The molecule has 0 N–H and O–H groups in total. The van der Waals surface area contributed by atoms with Crippen molar-refractivity contribution in [3.63, 3.8) is 0 Å². The molecular weight excluding hydrogens is 382 g/mol. The van der Waals surface area contributed by atoms with E-state index in [0.29, 0.717) is 0 Å². The number of piperazine rings is 1. The molecule has 26 heavy (non-hydrogen) atoms. The summed E-state index contributed by atoms with van der Waals surface area (Å²) < 4.78 is 6.10. The van der Waals surface area contributed by atoms with Crippen molar-refractivity contribution in [2.75, 3.05) is 26.2 Å². The Morgan fingerprint density at radius 2 is 1.81 bits per heavy atom. The molecule has 5 rings (SSSR count). The Labute approximate surface area is 164 Å². The van der Waals surface area contributed by atoms with E-state index in [4.69, 9.17) is 17.3 Å². The molecule has 4 heterocycles. The molecule has 0 amide bonds. The first kappa shape index (κ1) is 16.6. The summed E-state index contributed by atoms with van der Waals surface area (Å²) >= 11 is 9.25. The van der Waals surface area contributed by atoms with Gasteiger partial charge in [0.1, 0.15) is 0 Å². The summed E-state index contributed by atoms with van der Waals surface area (Å²) in [6.07, 6.45) is 0. The van der Waals surface area contributed by atoms with Crippen LogP contribution in [0.25, 0.3) is 15.2 Å². The van der Waals surface area contributed by atoms with Gasteiger partial charge in [0.25, 0.3) is 0 Å². The van der Waals surface area contributed by atoms with Gasteiger partial charge in [0.15, 0.2) is 0 Å². The number of para-hydroxylation sites is 1. The van der Waals surface area contributed by atoms with Crippen molar-refractivity contribution < 1.29 is 0 Å². The molecule has 5 nitrogen and oxygen atoms in total. The number of thiazole rings is 1. The van der Waals surface area contributed by atoms with E-state index in [1.807, 2.05) is 16.0 Å². The predicted molar refractivity (Wildman–Crippen MR) is 111 cm³/mol. The first-order valence-corrected chi connectivity index (χ1v) is 10.8. The normalized spacial score (nSPS) is 16.8. The fraction of sp³-hybridized carbons (Fsp3) is 0.333. The minimum absolute atomic E-state index is 0.772. The van der Waals surface area contributed by atoms with E-state index in [1.165, 1.54) is 9.58 Å². The number of thiophene rings is 1. The maximum atomic E-state index is 5.71. The lowest BCUT2D eigenvalue weighted by molar-refractivity contribution is 0.0989. The summed E-state index contributed by atoms with van der Waals surface area (Å²) in [4.78, 5) is 7.40. The Kier molecular flexibility index (Phi) is 4.38. The number of hydrogen-bond acceptors (Lipinski definition) is 6. The number of rotatable bonds is 4. The van der Waals surface area contributed by atoms with Crippen LogP contribution in [0.3, 0.4) is 0 Å². The highest BCUT2D eigenvalue weighted by Crippen LogP contribution is 2.25. The lowest BCUT2D eigenvalue weighted by atomic mass is 10.3. The van der Waals surface area contributed by atoms with Crippen LogP contribution in [0, 0.1) is 4.77 Å². The molecule has 8 heteroatoms. The van der Waals surface area contributed by atoms with Crippen LogP contribution >= 0.6 is 34.9 Å². The van der Waals surface area contributed by atoms with Gasteiger partial charge in [-0.1, -0.05) is 29.5 Å². The molecule has 0 spiro atoms. The third kappa shape index (κ3) is 3.01. The second-order valence-corrected chi connectivity index (χ2v) is 8.99. The minimum atomic E-state index is 0.772. The molecule has 1 fully saturated rings. The molecule has 0 radical (unpaired) electrons. The zero-order valence-electron chi connectivity index (χ0n) is 14.2. The van der Waals surface area contributed by atoms with Crippen LogP contribution in [-0.4, -0.2) is 50.2 Å². The van der Waals surface area contributed by atoms with Crippen molar-refractivity contribution in [3.05, 3.63) is 51.4 Å². The summed E-state index contributed by atoms with van der Waals surface area (Å²) in [5.41, 5.74) is 1.16. The Hall–Kier alpha value is -1.58. The number of hydrogen-bond donors (Lipinski definition) is 0. The quantitative estimate of drug-likeness (QED) is 0.485. The molecule has 1 aliphatic heterocycles. The number of aromatic nitrogens is 3. The molecule has 0 saturated carbocycles. The van der Waals surface area contributed by atoms with Crippen LogP contribution in [0.15, 0.2) is 41.8 Å². The standard InChI is InChI=1S/C18H19N5S3/c24-18-22(19-17-23(18)15-5-1-2-6-16(15)26-17)13-21-9-7-20(8-10-21)12-14-4-3-11-25-14/h1-6,11H,7-10,12-13H2. The van der Waals surface area contributed by atoms with Gasteiger partial charge in [0, 0.05) is 37.6 Å². The number of benzene rings is 1. The summed E-state index contributed by atoms with van der Waals surface area (Å²) in [7, 11) is 0. The molecule has 1 saturated heterocycles. The topological polar surface area (TPSA) is 28.7 Å². The van der Waals surface area contributed by atoms with Gasteiger partial charge in [-0.15, -0.1) is 16.4 Å². The summed E-state index contributed by atoms with van der Waals surface area (Å²) in [5.74, 6) is 0. The highest BCUT2D eigenvalue weighted by molar-refractivity contribution is 7.71. The van der Waals surface area contributed by atoms with Crippen molar-refractivity contribution in [2.24, 2.45) is 0 Å². The van der Waals surface area contributed by atoms with Crippen molar-refractivity contribution in [3.8, 4) is 0 Å². The fourth-order valence-corrected chi connectivity index (χ4v) is 5.59. The number of nitrogens with zero attached hydrogens (tertiary/aromatic N) is 5. The average molecular weight is 402 g/mol. The van der Waals surface area contributed by atoms with Crippen molar-refractivity contribution in [1.29, 1.82) is 0 Å². The second kappa shape index (κ2) is 6.86. The van der Waals surface area contributed by atoms with Crippen molar-refractivity contribution in [2.45, 2.75) is 13.2 Å².